The lowest BCUT2D eigenvalue weighted by Crippen LogP contribution is -2.37. The highest BCUT2D eigenvalue weighted by molar-refractivity contribution is 5.80. The Hall–Kier alpha value is -1.35. The molecule has 17 heavy (non-hydrogen) atoms. The predicted molar refractivity (Wildman–Crippen MR) is 71.5 cm³/mol. The standard InChI is InChI=1S/C14H22N2O/c1-11(2)15-10-14(17)16(4)13-7-5-6-12(3)8-9-13/h6-9,11,15H,5,10H2,1-4H3. The van der Waals surface area contributed by atoms with Crippen molar-refractivity contribution in [1.82, 2.24) is 10.2 Å². The van der Waals surface area contributed by atoms with Gasteiger partial charge in [0.15, 0.2) is 0 Å². The van der Waals surface area contributed by atoms with Crippen molar-refractivity contribution in [2.24, 2.45) is 0 Å². The minimum atomic E-state index is 0.0918. The van der Waals surface area contributed by atoms with Crippen molar-refractivity contribution in [3.63, 3.8) is 0 Å². The van der Waals surface area contributed by atoms with E-state index in [0.717, 1.165) is 12.1 Å². The van der Waals surface area contributed by atoms with Gasteiger partial charge >= 0.3 is 0 Å². The summed E-state index contributed by atoms with van der Waals surface area (Å²) in [6, 6.07) is 0.329. The van der Waals surface area contributed by atoms with Gasteiger partial charge in [0.2, 0.25) is 5.91 Å². The molecule has 0 unspecified atom stereocenters. The van der Waals surface area contributed by atoms with E-state index in [1.165, 1.54) is 5.57 Å². The van der Waals surface area contributed by atoms with Crippen LogP contribution in [0.2, 0.25) is 0 Å². The van der Waals surface area contributed by atoms with Gasteiger partial charge in [0.1, 0.15) is 0 Å². The number of amides is 1. The van der Waals surface area contributed by atoms with E-state index in [0.29, 0.717) is 12.6 Å². The summed E-state index contributed by atoms with van der Waals surface area (Å²) in [7, 11) is 1.82. The van der Waals surface area contributed by atoms with Gasteiger partial charge in [-0.3, -0.25) is 4.79 Å². The molecule has 0 bridgehead atoms. The van der Waals surface area contributed by atoms with Crippen molar-refractivity contribution in [3.8, 4) is 0 Å². The van der Waals surface area contributed by atoms with E-state index in [1.54, 1.807) is 4.90 Å². The second-order valence-corrected chi connectivity index (χ2v) is 4.63. The van der Waals surface area contributed by atoms with E-state index in [-0.39, 0.29) is 5.91 Å². The molecule has 0 saturated carbocycles. The smallest absolute Gasteiger partial charge is 0.240 e. The zero-order chi connectivity index (χ0) is 12.8. The maximum atomic E-state index is 11.9. The van der Waals surface area contributed by atoms with Crippen molar-refractivity contribution in [2.75, 3.05) is 13.6 Å². The maximum absolute atomic E-state index is 11.9. The van der Waals surface area contributed by atoms with Gasteiger partial charge in [-0.2, -0.15) is 0 Å². The van der Waals surface area contributed by atoms with Gasteiger partial charge in [-0.1, -0.05) is 37.6 Å². The van der Waals surface area contributed by atoms with Crippen LogP contribution in [0.1, 0.15) is 27.2 Å². The maximum Gasteiger partial charge on any atom is 0.240 e. The lowest BCUT2D eigenvalue weighted by molar-refractivity contribution is -0.127. The second-order valence-electron chi connectivity index (χ2n) is 4.63. The Balaban J connectivity index is 2.58. The molecule has 1 rings (SSSR count). The first-order valence-corrected chi connectivity index (χ1v) is 6.05. The van der Waals surface area contributed by atoms with Crippen LogP contribution >= 0.6 is 0 Å². The number of allylic oxidation sites excluding steroid dienone is 5. The number of rotatable bonds is 4. The number of hydrogen-bond acceptors (Lipinski definition) is 2. The highest BCUT2D eigenvalue weighted by Crippen LogP contribution is 2.12. The number of nitrogens with one attached hydrogen (secondary N) is 1. The average molecular weight is 234 g/mol. The molecule has 0 radical (unpaired) electrons. The van der Waals surface area contributed by atoms with Crippen molar-refractivity contribution in [3.05, 3.63) is 35.6 Å². The van der Waals surface area contributed by atoms with Gasteiger partial charge in [-0.05, 0) is 19.4 Å². The fourth-order valence-corrected chi connectivity index (χ4v) is 1.52. The third-order valence-electron chi connectivity index (χ3n) is 2.71. The molecule has 3 nitrogen and oxygen atoms in total. The summed E-state index contributed by atoms with van der Waals surface area (Å²) in [5, 5.41) is 3.13. The predicted octanol–water partition coefficient (Wildman–Crippen LogP) is 2.23. The van der Waals surface area contributed by atoms with E-state index in [9.17, 15) is 4.79 Å². The molecule has 0 aromatic heterocycles. The summed E-state index contributed by atoms with van der Waals surface area (Å²) in [5.41, 5.74) is 2.20. The van der Waals surface area contributed by atoms with Crippen molar-refractivity contribution >= 4 is 5.91 Å². The summed E-state index contributed by atoms with van der Waals surface area (Å²) in [6.07, 6.45) is 9.13. The Labute approximate surface area is 104 Å². The van der Waals surface area contributed by atoms with Crippen LogP contribution in [0.4, 0.5) is 0 Å². The fraction of sp³-hybridized carbons (Fsp3) is 0.500. The van der Waals surface area contributed by atoms with Gasteiger partial charge in [-0.25, -0.2) is 0 Å². The van der Waals surface area contributed by atoms with Crippen LogP contribution < -0.4 is 5.32 Å². The number of carbonyl (C=O) groups excluding carboxylic acids is 1. The van der Waals surface area contributed by atoms with Crippen LogP contribution in [0.15, 0.2) is 35.6 Å². The Morgan fingerprint density at radius 1 is 1.41 bits per heavy atom. The van der Waals surface area contributed by atoms with Gasteiger partial charge in [0.05, 0.1) is 6.54 Å². The summed E-state index contributed by atoms with van der Waals surface area (Å²) in [6.45, 7) is 6.51. The normalized spacial score (nSPS) is 15.4. The zero-order valence-corrected chi connectivity index (χ0v) is 11.2. The minimum absolute atomic E-state index is 0.0918. The van der Waals surface area contributed by atoms with E-state index in [4.69, 9.17) is 0 Å². The van der Waals surface area contributed by atoms with E-state index in [1.807, 2.05) is 33.0 Å². The lowest BCUT2D eigenvalue weighted by atomic mass is 10.2. The van der Waals surface area contributed by atoms with E-state index in [2.05, 4.69) is 24.4 Å². The molecule has 1 aliphatic carbocycles. The Kier molecular flexibility index (Phi) is 5.16. The number of hydrogen-bond donors (Lipinski definition) is 1. The first kappa shape index (κ1) is 13.7. The summed E-state index contributed by atoms with van der Waals surface area (Å²) < 4.78 is 0. The molecule has 0 aromatic carbocycles. The van der Waals surface area contributed by atoms with Crippen LogP contribution in [0.5, 0.6) is 0 Å². The van der Waals surface area contributed by atoms with Gasteiger partial charge < -0.3 is 10.2 Å². The molecule has 0 saturated heterocycles. The largest absolute Gasteiger partial charge is 0.315 e. The van der Waals surface area contributed by atoms with Gasteiger partial charge in [0, 0.05) is 18.8 Å². The average Bonchev–Trinajstić information content (AvgIpc) is 2.49. The molecule has 1 aliphatic rings. The molecule has 0 aliphatic heterocycles. The molecule has 0 spiro atoms. The quantitative estimate of drug-likeness (QED) is 0.809. The zero-order valence-electron chi connectivity index (χ0n) is 11.2. The third kappa shape index (κ3) is 4.57. The summed E-state index contributed by atoms with van der Waals surface area (Å²) in [5.74, 6) is 0.0918. The van der Waals surface area contributed by atoms with Crippen molar-refractivity contribution in [2.45, 2.75) is 33.2 Å². The SMILES string of the molecule is CC1=CCC=C(N(C)C(=O)CNC(C)C)C=C1. The molecular weight excluding hydrogens is 212 g/mol. The monoisotopic (exact) mass is 234 g/mol. The Morgan fingerprint density at radius 3 is 2.76 bits per heavy atom. The molecule has 3 heteroatoms. The molecule has 0 atom stereocenters. The Morgan fingerprint density at radius 2 is 2.12 bits per heavy atom. The first-order chi connectivity index (χ1) is 8.00. The Bertz CT molecular complexity index is 364. The van der Waals surface area contributed by atoms with Crippen LogP contribution in [-0.2, 0) is 4.79 Å². The number of likely N-dealkylation sites (N-methyl/N-ethyl adjacent to an activating group) is 1. The number of nitrogens with zero attached hydrogens (tertiary/aromatic N) is 1. The topological polar surface area (TPSA) is 32.3 Å². The highest BCUT2D eigenvalue weighted by Gasteiger charge is 2.12. The van der Waals surface area contributed by atoms with Crippen LogP contribution in [-0.4, -0.2) is 30.4 Å². The summed E-state index contributed by atoms with van der Waals surface area (Å²) in [4.78, 5) is 13.6. The molecular formula is C14H22N2O. The van der Waals surface area contributed by atoms with Crippen LogP contribution in [0.25, 0.3) is 0 Å². The van der Waals surface area contributed by atoms with Crippen LogP contribution in [0, 0.1) is 0 Å². The minimum Gasteiger partial charge on any atom is -0.315 e. The van der Waals surface area contributed by atoms with Gasteiger partial charge in [-0.15, -0.1) is 0 Å². The number of carbonyl (C=O) groups is 1. The van der Waals surface area contributed by atoms with Gasteiger partial charge in [0.25, 0.3) is 0 Å². The summed E-state index contributed by atoms with van der Waals surface area (Å²) >= 11 is 0. The second kappa shape index (κ2) is 6.40. The van der Waals surface area contributed by atoms with Crippen molar-refractivity contribution < 1.29 is 4.79 Å². The molecule has 0 aromatic rings. The first-order valence-electron chi connectivity index (χ1n) is 6.05. The third-order valence-corrected chi connectivity index (χ3v) is 2.71. The van der Waals surface area contributed by atoms with E-state index >= 15 is 0 Å². The molecule has 1 amide bonds. The lowest BCUT2D eigenvalue weighted by Gasteiger charge is -2.19. The van der Waals surface area contributed by atoms with E-state index < -0.39 is 0 Å². The fourth-order valence-electron chi connectivity index (χ4n) is 1.52. The molecule has 0 fully saturated rings. The molecule has 94 valence electrons. The molecule has 0 heterocycles. The van der Waals surface area contributed by atoms with Crippen molar-refractivity contribution in [1.29, 1.82) is 0 Å². The highest BCUT2D eigenvalue weighted by atomic mass is 16.2. The molecule has 1 N–H and O–H groups in total. The van der Waals surface area contributed by atoms with Crippen LogP contribution in [0.3, 0.4) is 0 Å².